The molecule has 1 nitrogen and oxygen atoms in total. The second-order valence-electron chi connectivity index (χ2n) is 6.62. The molecule has 1 heteroatoms. The Hall–Kier alpha value is -1.08. The zero-order valence-electron chi connectivity index (χ0n) is 15.2. The quantitative estimate of drug-likeness (QED) is 0.277. The van der Waals surface area contributed by atoms with Gasteiger partial charge in [0, 0.05) is 6.04 Å². The van der Waals surface area contributed by atoms with Crippen LogP contribution in [0.25, 0.3) is 0 Å². The highest BCUT2D eigenvalue weighted by atomic mass is 14.9. The van der Waals surface area contributed by atoms with Gasteiger partial charge in [0.05, 0.1) is 0 Å². The van der Waals surface area contributed by atoms with Crippen molar-refractivity contribution in [3.63, 3.8) is 0 Å². The molecule has 0 saturated heterocycles. The molecule has 130 valence electrons. The molecule has 0 bridgehead atoms. The molecule has 1 N–H and O–H groups in total. The van der Waals surface area contributed by atoms with E-state index >= 15 is 0 Å². The minimum atomic E-state index is 0.423. The van der Waals surface area contributed by atoms with Crippen LogP contribution in [0.15, 0.2) is 43.0 Å². The van der Waals surface area contributed by atoms with Crippen LogP contribution in [0.5, 0.6) is 0 Å². The third-order valence-corrected chi connectivity index (χ3v) is 4.53. The Morgan fingerprint density at radius 3 is 2.00 bits per heavy atom. The maximum absolute atomic E-state index is 3.89. The van der Waals surface area contributed by atoms with Crippen molar-refractivity contribution in [2.45, 2.75) is 83.6 Å². The first-order valence-corrected chi connectivity index (χ1v) is 9.77. The summed E-state index contributed by atoms with van der Waals surface area (Å²) >= 11 is 0. The van der Waals surface area contributed by atoms with E-state index in [9.17, 15) is 0 Å². The number of unbranched alkanes of at least 4 members (excludes halogenated alkanes) is 9. The van der Waals surface area contributed by atoms with E-state index in [2.05, 4.69) is 49.2 Å². The zero-order valence-corrected chi connectivity index (χ0v) is 15.2. The fourth-order valence-electron chi connectivity index (χ4n) is 3.08. The summed E-state index contributed by atoms with van der Waals surface area (Å²) < 4.78 is 0. The normalized spacial score (nSPS) is 12.2. The lowest BCUT2D eigenvalue weighted by Crippen LogP contribution is -2.22. The lowest BCUT2D eigenvalue weighted by molar-refractivity contribution is 0.501. The van der Waals surface area contributed by atoms with Crippen LogP contribution in [0.4, 0.5) is 0 Å². The van der Waals surface area contributed by atoms with Gasteiger partial charge >= 0.3 is 0 Å². The van der Waals surface area contributed by atoms with Gasteiger partial charge in [-0.05, 0) is 24.9 Å². The summed E-state index contributed by atoms with van der Waals surface area (Å²) in [6.45, 7) is 7.29. The van der Waals surface area contributed by atoms with Gasteiger partial charge in [0.2, 0.25) is 0 Å². The van der Waals surface area contributed by atoms with Gasteiger partial charge in [0.1, 0.15) is 0 Å². The number of hydrogen-bond acceptors (Lipinski definition) is 1. The summed E-state index contributed by atoms with van der Waals surface area (Å²) in [7, 11) is 0. The summed E-state index contributed by atoms with van der Waals surface area (Å²) in [5.74, 6) is 0. The van der Waals surface area contributed by atoms with E-state index in [1.807, 2.05) is 6.08 Å². The van der Waals surface area contributed by atoms with Crippen LogP contribution in [-0.4, -0.2) is 6.54 Å². The summed E-state index contributed by atoms with van der Waals surface area (Å²) in [6, 6.07) is 11.2. The van der Waals surface area contributed by atoms with Crippen molar-refractivity contribution in [2.24, 2.45) is 0 Å². The molecule has 1 aromatic rings. The Labute approximate surface area is 144 Å². The standard InChI is InChI=1S/C22H37N/c1-3-5-6-7-8-9-10-11-12-16-20-23-22(17-4-2)21-18-14-13-15-19-21/h4,13-15,18-19,22-23H,2-3,5-12,16-17,20H2,1H3. The van der Waals surface area contributed by atoms with Gasteiger partial charge in [-0.1, -0.05) is 101 Å². The smallest absolute Gasteiger partial charge is 0.0354 e. The molecule has 23 heavy (non-hydrogen) atoms. The number of hydrogen-bond donors (Lipinski definition) is 1. The van der Waals surface area contributed by atoms with E-state index in [0.29, 0.717) is 6.04 Å². The van der Waals surface area contributed by atoms with Crippen molar-refractivity contribution >= 4 is 0 Å². The van der Waals surface area contributed by atoms with E-state index in [4.69, 9.17) is 0 Å². The first-order valence-electron chi connectivity index (χ1n) is 9.77. The third-order valence-electron chi connectivity index (χ3n) is 4.53. The predicted octanol–water partition coefficient (Wildman–Crippen LogP) is 6.81. The van der Waals surface area contributed by atoms with Crippen molar-refractivity contribution in [1.82, 2.24) is 5.32 Å². The lowest BCUT2D eigenvalue weighted by Gasteiger charge is -2.17. The topological polar surface area (TPSA) is 12.0 Å². The fourth-order valence-corrected chi connectivity index (χ4v) is 3.08. The largest absolute Gasteiger partial charge is 0.310 e. The molecule has 1 unspecified atom stereocenters. The SMILES string of the molecule is C=CCC(NCCCCCCCCCCCC)c1ccccc1. The van der Waals surface area contributed by atoms with Crippen LogP contribution in [0.1, 0.15) is 89.2 Å². The second kappa shape index (κ2) is 14.5. The molecular weight excluding hydrogens is 278 g/mol. The monoisotopic (exact) mass is 315 g/mol. The molecule has 0 heterocycles. The minimum Gasteiger partial charge on any atom is -0.310 e. The minimum absolute atomic E-state index is 0.423. The molecule has 1 rings (SSSR count). The fraction of sp³-hybridized carbons (Fsp3) is 0.636. The summed E-state index contributed by atoms with van der Waals surface area (Å²) in [4.78, 5) is 0. The first kappa shape index (κ1) is 20.0. The summed E-state index contributed by atoms with van der Waals surface area (Å²) in [5.41, 5.74) is 1.37. The highest BCUT2D eigenvalue weighted by Gasteiger charge is 2.07. The molecule has 0 aliphatic rings. The molecule has 0 aliphatic heterocycles. The van der Waals surface area contributed by atoms with Crippen LogP contribution >= 0.6 is 0 Å². The highest BCUT2D eigenvalue weighted by molar-refractivity contribution is 5.19. The predicted molar refractivity (Wildman–Crippen MR) is 104 cm³/mol. The molecule has 0 radical (unpaired) electrons. The van der Waals surface area contributed by atoms with Gasteiger partial charge in [-0.15, -0.1) is 6.58 Å². The van der Waals surface area contributed by atoms with Crippen LogP contribution in [0.2, 0.25) is 0 Å². The molecule has 1 aromatic carbocycles. The molecule has 0 fully saturated rings. The van der Waals surface area contributed by atoms with Crippen molar-refractivity contribution < 1.29 is 0 Å². The number of rotatable bonds is 15. The van der Waals surface area contributed by atoms with Crippen LogP contribution in [0.3, 0.4) is 0 Å². The molecule has 0 aromatic heterocycles. The van der Waals surface area contributed by atoms with Crippen molar-refractivity contribution in [3.05, 3.63) is 48.6 Å². The van der Waals surface area contributed by atoms with Gasteiger partial charge in [-0.2, -0.15) is 0 Å². The highest BCUT2D eigenvalue weighted by Crippen LogP contribution is 2.17. The summed E-state index contributed by atoms with van der Waals surface area (Å²) in [6.07, 6.45) is 17.0. The summed E-state index contributed by atoms with van der Waals surface area (Å²) in [5, 5.41) is 3.69. The van der Waals surface area contributed by atoms with Gasteiger partial charge in [0.25, 0.3) is 0 Å². The molecule has 0 aliphatic carbocycles. The van der Waals surface area contributed by atoms with E-state index in [1.165, 1.54) is 69.8 Å². The van der Waals surface area contributed by atoms with Crippen LogP contribution < -0.4 is 5.32 Å². The Morgan fingerprint density at radius 1 is 0.870 bits per heavy atom. The Bertz CT molecular complexity index is 371. The van der Waals surface area contributed by atoms with Crippen LogP contribution in [0, 0.1) is 0 Å². The maximum atomic E-state index is 3.89. The van der Waals surface area contributed by atoms with Gasteiger partial charge in [0.15, 0.2) is 0 Å². The lowest BCUT2D eigenvalue weighted by atomic mass is 10.0. The van der Waals surface area contributed by atoms with E-state index in [-0.39, 0.29) is 0 Å². The average molecular weight is 316 g/mol. The Balaban J connectivity index is 2.01. The molecular formula is C22H37N. The van der Waals surface area contributed by atoms with E-state index < -0.39 is 0 Å². The maximum Gasteiger partial charge on any atom is 0.0354 e. The van der Waals surface area contributed by atoms with Gasteiger partial charge < -0.3 is 5.32 Å². The van der Waals surface area contributed by atoms with E-state index in [0.717, 1.165) is 13.0 Å². The van der Waals surface area contributed by atoms with Gasteiger partial charge in [-0.25, -0.2) is 0 Å². The van der Waals surface area contributed by atoms with Crippen molar-refractivity contribution in [2.75, 3.05) is 6.54 Å². The average Bonchev–Trinajstić information content (AvgIpc) is 2.59. The molecule has 0 saturated carbocycles. The van der Waals surface area contributed by atoms with Crippen molar-refractivity contribution in [1.29, 1.82) is 0 Å². The van der Waals surface area contributed by atoms with Crippen molar-refractivity contribution in [3.8, 4) is 0 Å². The Kier molecular flexibility index (Phi) is 12.6. The van der Waals surface area contributed by atoms with Crippen LogP contribution in [-0.2, 0) is 0 Å². The number of nitrogens with one attached hydrogen (secondary N) is 1. The molecule has 0 amide bonds. The van der Waals surface area contributed by atoms with Gasteiger partial charge in [-0.3, -0.25) is 0 Å². The zero-order chi connectivity index (χ0) is 16.6. The Morgan fingerprint density at radius 2 is 1.43 bits per heavy atom. The molecule has 1 atom stereocenters. The first-order chi connectivity index (χ1) is 11.4. The van der Waals surface area contributed by atoms with E-state index in [1.54, 1.807) is 0 Å². The molecule has 0 spiro atoms. The second-order valence-corrected chi connectivity index (χ2v) is 6.62. The third kappa shape index (κ3) is 10.3. The number of benzene rings is 1.